The van der Waals surface area contributed by atoms with Crippen LogP contribution in [0.4, 0.5) is 0 Å². The molecule has 0 saturated heterocycles. The topological polar surface area (TPSA) is 97.5 Å². The fourth-order valence-electron chi connectivity index (χ4n) is 3.46. The van der Waals surface area contributed by atoms with Crippen molar-refractivity contribution in [1.29, 1.82) is 0 Å². The highest BCUT2D eigenvalue weighted by Gasteiger charge is 2.27. The van der Waals surface area contributed by atoms with Crippen molar-refractivity contribution in [2.75, 3.05) is 41.0 Å². The lowest BCUT2D eigenvalue weighted by atomic mass is 9.96. The Morgan fingerprint density at radius 1 is 1.06 bits per heavy atom. The van der Waals surface area contributed by atoms with Gasteiger partial charge in [-0.3, -0.25) is 0 Å². The molecule has 0 bridgehead atoms. The summed E-state index contributed by atoms with van der Waals surface area (Å²) in [5, 5.41) is 17.4. The van der Waals surface area contributed by atoms with E-state index in [1.54, 1.807) is 28.3 Å². The molecule has 1 heterocycles. The van der Waals surface area contributed by atoms with Gasteiger partial charge in [-0.15, -0.1) is 24.0 Å². The number of nitrogens with zero attached hydrogens (tertiary/aromatic N) is 1. The van der Waals surface area contributed by atoms with Gasteiger partial charge in [-0.2, -0.15) is 0 Å². The second kappa shape index (κ2) is 12.8. The van der Waals surface area contributed by atoms with Gasteiger partial charge in [-0.25, -0.2) is 4.99 Å². The molecule has 1 unspecified atom stereocenters. The molecular formula is C23H36IN3O5. The molecule has 1 aromatic heterocycles. The predicted octanol–water partition coefficient (Wildman–Crippen LogP) is 3.55. The Morgan fingerprint density at radius 3 is 2.16 bits per heavy atom. The van der Waals surface area contributed by atoms with Crippen LogP contribution in [0.3, 0.4) is 0 Å². The molecule has 180 valence electrons. The summed E-state index contributed by atoms with van der Waals surface area (Å²) in [6, 6.07) is 5.53. The van der Waals surface area contributed by atoms with Crippen molar-refractivity contribution in [3.8, 4) is 17.2 Å². The van der Waals surface area contributed by atoms with Crippen molar-refractivity contribution in [1.82, 2.24) is 10.6 Å². The van der Waals surface area contributed by atoms with Crippen LogP contribution in [0.1, 0.15) is 36.5 Å². The predicted molar refractivity (Wildman–Crippen MR) is 137 cm³/mol. The van der Waals surface area contributed by atoms with Crippen LogP contribution in [-0.4, -0.2) is 52.0 Å². The van der Waals surface area contributed by atoms with Crippen molar-refractivity contribution in [3.63, 3.8) is 0 Å². The van der Waals surface area contributed by atoms with E-state index in [2.05, 4.69) is 15.6 Å². The average Bonchev–Trinajstić information content (AvgIpc) is 3.10. The number of guanidine groups is 1. The van der Waals surface area contributed by atoms with Crippen LogP contribution in [0.15, 0.2) is 27.6 Å². The van der Waals surface area contributed by atoms with E-state index >= 15 is 0 Å². The number of aliphatic hydroxyl groups is 1. The molecule has 0 aliphatic rings. The van der Waals surface area contributed by atoms with Crippen LogP contribution in [-0.2, 0) is 12.0 Å². The third-order valence-electron chi connectivity index (χ3n) is 5.00. The third kappa shape index (κ3) is 7.19. The molecule has 0 amide bonds. The number of methoxy groups -OCH3 is 3. The molecule has 2 aromatic rings. The highest BCUT2D eigenvalue weighted by molar-refractivity contribution is 14.0. The van der Waals surface area contributed by atoms with E-state index in [0.29, 0.717) is 48.5 Å². The van der Waals surface area contributed by atoms with Crippen molar-refractivity contribution in [2.24, 2.45) is 4.99 Å². The van der Waals surface area contributed by atoms with Crippen molar-refractivity contribution in [3.05, 3.63) is 40.8 Å². The Morgan fingerprint density at radius 2 is 1.69 bits per heavy atom. The third-order valence-corrected chi connectivity index (χ3v) is 5.00. The number of benzene rings is 1. The molecule has 9 heteroatoms. The van der Waals surface area contributed by atoms with Gasteiger partial charge in [0, 0.05) is 36.3 Å². The molecule has 0 spiro atoms. The number of furan rings is 1. The first-order valence-electron chi connectivity index (χ1n) is 10.4. The number of rotatable bonds is 10. The van der Waals surface area contributed by atoms with Crippen molar-refractivity contribution >= 4 is 29.9 Å². The molecule has 1 atom stereocenters. The molecule has 3 N–H and O–H groups in total. The average molecular weight is 561 g/mol. The fourth-order valence-corrected chi connectivity index (χ4v) is 3.46. The molecule has 1 aromatic carbocycles. The van der Waals surface area contributed by atoms with Crippen LogP contribution in [0.5, 0.6) is 17.2 Å². The molecule has 2 rings (SSSR count). The Labute approximate surface area is 207 Å². The van der Waals surface area contributed by atoms with Crippen LogP contribution in [0.2, 0.25) is 0 Å². The molecule has 0 aliphatic carbocycles. The van der Waals surface area contributed by atoms with Gasteiger partial charge < -0.3 is 34.4 Å². The summed E-state index contributed by atoms with van der Waals surface area (Å²) in [6.07, 6.45) is 0.650. The Balaban J connectivity index is 0.00000512. The Hall–Kier alpha value is -2.14. The largest absolute Gasteiger partial charge is 0.496 e. The highest BCUT2D eigenvalue weighted by atomic mass is 127. The quantitative estimate of drug-likeness (QED) is 0.232. The second-order valence-electron chi connectivity index (χ2n) is 7.48. The van der Waals surface area contributed by atoms with Gasteiger partial charge in [0.15, 0.2) is 5.96 Å². The lowest BCUT2D eigenvalue weighted by Gasteiger charge is -2.22. The lowest BCUT2D eigenvalue weighted by Crippen LogP contribution is -2.39. The zero-order valence-electron chi connectivity index (χ0n) is 20.0. The number of aryl methyl sites for hydroxylation is 2. The molecule has 0 radical (unpaired) electrons. The summed E-state index contributed by atoms with van der Waals surface area (Å²) in [5.74, 6) is 4.17. The zero-order valence-corrected chi connectivity index (χ0v) is 22.3. The SMILES string of the molecule is CCNC(=NCC(C)(O)c1cc(C)oc1C)NCCc1c(OC)cc(OC)cc1OC.I. The number of halogens is 1. The summed E-state index contributed by atoms with van der Waals surface area (Å²) in [6.45, 7) is 8.93. The monoisotopic (exact) mass is 561 g/mol. The minimum Gasteiger partial charge on any atom is -0.496 e. The number of hydrogen-bond acceptors (Lipinski definition) is 6. The maximum absolute atomic E-state index is 10.9. The highest BCUT2D eigenvalue weighted by Crippen LogP contribution is 2.34. The van der Waals surface area contributed by atoms with Crippen LogP contribution >= 0.6 is 24.0 Å². The van der Waals surface area contributed by atoms with E-state index in [1.807, 2.05) is 39.0 Å². The normalized spacial score (nSPS) is 13.1. The maximum atomic E-state index is 10.9. The molecule has 32 heavy (non-hydrogen) atoms. The van der Waals surface area contributed by atoms with Crippen LogP contribution in [0, 0.1) is 13.8 Å². The zero-order chi connectivity index (χ0) is 23.0. The minimum atomic E-state index is -1.13. The molecular weight excluding hydrogens is 525 g/mol. The molecule has 0 fully saturated rings. The minimum absolute atomic E-state index is 0. The van der Waals surface area contributed by atoms with E-state index in [-0.39, 0.29) is 30.5 Å². The van der Waals surface area contributed by atoms with E-state index in [1.165, 1.54) is 0 Å². The summed E-state index contributed by atoms with van der Waals surface area (Å²) >= 11 is 0. The number of nitrogens with one attached hydrogen (secondary N) is 2. The van der Waals surface area contributed by atoms with Gasteiger partial charge in [0.1, 0.15) is 34.4 Å². The number of hydrogen-bond donors (Lipinski definition) is 3. The summed E-state index contributed by atoms with van der Waals surface area (Å²) < 4.78 is 21.9. The van der Waals surface area contributed by atoms with Gasteiger partial charge in [0.2, 0.25) is 0 Å². The van der Waals surface area contributed by atoms with E-state index in [4.69, 9.17) is 18.6 Å². The standard InChI is InChI=1S/C23H35N3O5.HI/c1-8-24-22(26-14-23(4,27)19-11-15(2)31-16(19)3)25-10-9-18-20(29-6)12-17(28-5)13-21(18)30-7;/h11-13,27H,8-10,14H2,1-7H3,(H2,24,25,26);1H. The van der Waals surface area contributed by atoms with Gasteiger partial charge in [-0.1, -0.05) is 0 Å². The van der Waals surface area contributed by atoms with Crippen molar-refractivity contribution in [2.45, 2.75) is 39.7 Å². The van der Waals surface area contributed by atoms with Crippen LogP contribution in [0.25, 0.3) is 0 Å². The second-order valence-corrected chi connectivity index (χ2v) is 7.48. The van der Waals surface area contributed by atoms with Gasteiger partial charge in [0.25, 0.3) is 0 Å². The Bertz CT molecular complexity index is 871. The van der Waals surface area contributed by atoms with Gasteiger partial charge in [0.05, 0.1) is 27.9 Å². The molecule has 8 nitrogen and oxygen atoms in total. The van der Waals surface area contributed by atoms with E-state index in [9.17, 15) is 5.11 Å². The summed E-state index contributed by atoms with van der Waals surface area (Å²) in [5.41, 5.74) is 0.551. The lowest BCUT2D eigenvalue weighted by molar-refractivity contribution is 0.0657. The van der Waals surface area contributed by atoms with Crippen molar-refractivity contribution < 1.29 is 23.7 Å². The smallest absolute Gasteiger partial charge is 0.191 e. The first kappa shape index (κ1) is 27.9. The Kier molecular flexibility index (Phi) is 11.1. The van der Waals surface area contributed by atoms with Crippen LogP contribution < -0.4 is 24.8 Å². The first-order chi connectivity index (χ1) is 14.7. The fraction of sp³-hybridized carbons (Fsp3) is 0.522. The maximum Gasteiger partial charge on any atom is 0.191 e. The first-order valence-corrected chi connectivity index (χ1v) is 10.4. The summed E-state index contributed by atoms with van der Waals surface area (Å²) in [4.78, 5) is 4.58. The summed E-state index contributed by atoms with van der Waals surface area (Å²) in [7, 11) is 4.85. The number of ether oxygens (including phenoxy) is 3. The molecule has 0 aliphatic heterocycles. The van der Waals surface area contributed by atoms with E-state index in [0.717, 1.165) is 16.9 Å². The van der Waals surface area contributed by atoms with E-state index < -0.39 is 5.60 Å². The molecule has 0 saturated carbocycles. The van der Waals surface area contributed by atoms with Gasteiger partial charge >= 0.3 is 0 Å². The van der Waals surface area contributed by atoms with Gasteiger partial charge in [-0.05, 0) is 40.2 Å². The number of aliphatic imine (C=N–C) groups is 1.